The molecule has 0 aromatic rings. The lowest BCUT2D eigenvalue weighted by atomic mass is 9.94. The van der Waals surface area contributed by atoms with Gasteiger partial charge in [-0.05, 0) is 32.9 Å². The van der Waals surface area contributed by atoms with Gasteiger partial charge in [-0.25, -0.2) is 0 Å². The van der Waals surface area contributed by atoms with Crippen molar-refractivity contribution in [2.45, 2.75) is 38.6 Å². The summed E-state index contributed by atoms with van der Waals surface area (Å²) in [7, 11) is 0. The lowest BCUT2D eigenvalue weighted by Gasteiger charge is -2.47. The number of hydrazone groups is 1. The number of amidine groups is 1. The normalized spacial score (nSPS) is 33.2. The summed E-state index contributed by atoms with van der Waals surface area (Å²) in [6.45, 7) is 8.03. The zero-order valence-corrected chi connectivity index (χ0v) is 10.1. The average Bonchev–Trinajstić information content (AvgIpc) is 2.24. The molecule has 2 aliphatic rings. The minimum Gasteiger partial charge on any atom is -0.374 e. The third-order valence-corrected chi connectivity index (χ3v) is 3.43. The molecule has 0 aromatic heterocycles. The number of nitrogens with two attached hydrogens (primary N) is 1. The molecule has 2 rings (SSSR count). The second-order valence-corrected chi connectivity index (χ2v) is 4.80. The van der Waals surface area contributed by atoms with E-state index in [9.17, 15) is 0 Å². The van der Waals surface area contributed by atoms with E-state index in [0.717, 1.165) is 19.0 Å². The van der Waals surface area contributed by atoms with Crippen molar-refractivity contribution in [2.24, 2.45) is 10.8 Å². The Bertz CT molecular complexity index is 324. The maximum Gasteiger partial charge on any atom is 0.148 e. The lowest BCUT2D eigenvalue weighted by molar-refractivity contribution is -0.0741. The zero-order valence-electron chi connectivity index (χ0n) is 10.1. The van der Waals surface area contributed by atoms with Crippen molar-refractivity contribution in [1.29, 1.82) is 0 Å². The van der Waals surface area contributed by atoms with E-state index in [4.69, 9.17) is 10.5 Å². The molecule has 0 aromatic carbocycles. The van der Waals surface area contributed by atoms with Crippen LogP contribution in [0.5, 0.6) is 0 Å². The molecule has 5 heteroatoms. The largest absolute Gasteiger partial charge is 0.374 e. The van der Waals surface area contributed by atoms with Gasteiger partial charge in [-0.15, -0.1) is 0 Å². The van der Waals surface area contributed by atoms with Gasteiger partial charge in [-0.3, -0.25) is 5.43 Å². The van der Waals surface area contributed by atoms with Crippen molar-refractivity contribution in [3.8, 4) is 0 Å². The van der Waals surface area contributed by atoms with E-state index in [1.54, 1.807) is 0 Å². The Morgan fingerprint density at radius 2 is 2.38 bits per heavy atom. The van der Waals surface area contributed by atoms with Crippen molar-refractivity contribution in [3.63, 3.8) is 0 Å². The number of hydrogen-bond donors (Lipinski definition) is 2. The Kier molecular flexibility index (Phi) is 2.90. The second-order valence-electron chi connectivity index (χ2n) is 4.80. The molecule has 0 amide bonds. The molecule has 0 radical (unpaired) electrons. The van der Waals surface area contributed by atoms with Gasteiger partial charge in [0.1, 0.15) is 12.0 Å². The number of hydrogen-bond acceptors (Lipinski definition) is 5. The second kappa shape index (κ2) is 4.07. The van der Waals surface area contributed by atoms with Crippen LogP contribution in [-0.4, -0.2) is 41.7 Å². The molecular formula is C11H20N4O. The summed E-state index contributed by atoms with van der Waals surface area (Å²) in [5.41, 5.74) is 8.50. The summed E-state index contributed by atoms with van der Waals surface area (Å²) in [4.78, 5) is 2.26. The molecule has 2 unspecified atom stereocenters. The fourth-order valence-electron chi connectivity index (χ4n) is 2.00. The number of morpholine rings is 1. The Morgan fingerprint density at radius 3 is 3.00 bits per heavy atom. The first kappa shape index (κ1) is 11.4. The van der Waals surface area contributed by atoms with Crippen LogP contribution in [0.2, 0.25) is 0 Å². The van der Waals surface area contributed by atoms with Gasteiger partial charge in [0, 0.05) is 6.54 Å². The zero-order chi connectivity index (χ0) is 11.8. The Labute approximate surface area is 96.3 Å². The molecule has 3 N–H and O–H groups in total. The number of ether oxygens (including phenoxy) is 1. The first-order valence-corrected chi connectivity index (χ1v) is 5.68. The molecule has 5 nitrogen and oxygen atoms in total. The molecule has 2 atom stereocenters. The Balaban J connectivity index is 2.17. The Hall–Kier alpha value is -1.07. The monoisotopic (exact) mass is 224 g/mol. The molecule has 0 bridgehead atoms. The van der Waals surface area contributed by atoms with E-state index in [-0.39, 0.29) is 17.8 Å². The highest BCUT2D eigenvalue weighted by atomic mass is 16.5. The van der Waals surface area contributed by atoms with Gasteiger partial charge in [0.2, 0.25) is 0 Å². The molecule has 2 aliphatic heterocycles. The highest BCUT2D eigenvalue weighted by Gasteiger charge is 2.38. The highest BCUT2D eigenvalue weighted by molar-refractivity contribution is 5.94. The number of nitrogens with one attached hydrogen (secondary N) is 1. The predicted molar refractivity (Wildman–Crippen MR) is 63.9 cm³/mol. The van der Waals surface area contributed by atoms with E-state index in [1.807, 2.05) is 12.2 Å². The van der Waals surface area contributed by atoms with Crippen LogP contribution < -0.4 is 11.2 Å². The first-order valence-electron chi connectivity index (χ1n) is 5.68. The average molecular weight is 224 g/mol. The van der Waals surface area contributed by atoms with Crippen molar-refractivity contribution >= 4 is 5.84 Å². The summed E-state index contributed by atoms with van der Waals surface area (Å²) in [5, 5.41) is 4.29. The minimum atomic E-state index is -0.176. The molecule has 1 fully saturated rings. The molecule has 90 valence electrons. The fraction of sp³-hybridized carbons (Fsp3) is 0.727. The van der Waals surface area contributed by atoms with Crippen LogP contribution in [0.15, 0.2) is 17.3 Å². The molecule has 0 spiro atoms. The van der Waals surface area contributed by atoms with Crippen LogP contribution in [0.25, 0.3) is 0 Å². The quantitative estimate of drug-likeness (QED) is 0.619. The third kappa shape index (κ3) is 1.92. The molecule has 2 heterocycles. The molecule has 0 saturated carbocycles. The van der Waals surface area contributed by atoms with Crippen LogP contribution in [-0.2, 0) is 4.74 Å². The predicted octanol–water partition coefficient (Wildman–Crippen LogP) is 0.243. The summed E-state index contributed by atoms with van der Waals surface area (Å²) < 4.78 is 5.67. The maximum atomic E-state index is 5.67. The maximum absolute atomic E-state index is 5.67. The van der Waals surface area contributed by atoms with Gasteiger partial charge in [-0.1, -0.05) is 0 Å². The molecule has 1 saturated heterocycles. The van der Waals surface area contributed by atoms with Gasteiger partial charge < -0.3 is 15.4 Å². The van der Waals surface area contributed by atoms with Crippen LogP contribution in [0.1, 0.15) is 20.8 Å². The van der Waals surface area contributed by atoms with Crippen molar-refractivity contribution in [3.05, 3.63) is 12.2 Å². The number of nitrogens with zero attached hydrogens (tertiary/aromatic N) is 2. The van der Waals surface area contributed by atoms with Crippen LogP contribution in [0, 0.1) is 0 Å². The van der Waals surface area contributed by atoms with Gasteiger partial charge >= 0.3 is 0 Å². The molecular weight excluding hydrogens is 204 g/mol. The van der Waals surface area contributed by atoms with Crippen molar-refractivity contribution in [1.82, 2.24) is 10.3 Å². The minimum absolute atomic E-state index is 0.0511. The summed E-state index contributed by atoms with van der Waals surface area (Å²) in [6.07, 6.45) is 3.90. The van der Waals surface area contributed by atoms with E-state index in [1.165, 1.54) is 0 Å². The first-order chi connectivity index (χ1) is 7.51. The summed E-state index contributed by atoms with van der Waals surface area (Å²) in [6, 6.07) is 0. The van der Waals surface area contributed by atoms with Crippen LogP contribution in [0.3, 0.4) is 0 Å². The van der Waals surface area contributed by atoms with Gasteiger partial charge in [0.25, 0.3) is 0 Å². The van der Waals surface area contributed by atoms with E-state index < -0.39 is 0 Å². The van der Waals surface area contributed by atoms with E-state index >= 15 is 0 Å². The van der Waals surface area contributed by atoms with Gasteiger partial charge in [0.15, 0.2) is 0 Å². The Morgan fingerprint density at radius 1 is 1.62 bits per heavy atom. The van der Waals surface area contributed by atoms with Crippen molar-refractivity contribution < 1.29 is 4.74 Å². The lowest BCUT2D eigenvalue weighted by Crippen LogP contribution is -2.60. The van der Waals surface area contributed by atoms with Gasteiger partial charge in [0.05, 0.1) is 18.2 Å². The SMILES string of the molecule is CC1OCCN(C2=NNC(N)C=C2)C1(C)C. The summed E-state index contributed by atoms with van der Waals surface area (Å²) >= 11 is 0. The van der Waals surface area contributed by atoms with Crippen molar-refractivity contribution in [2.75, 3.05) is 13.2 Å². The van der Waals surface area contributed by atoms with Crippen LogP contribution >= 0.6 is 0 Å². The third-order valence-electron chi connectivity index (χ3n) is 3.43. The molecule has 0 aliphatic carbocycles. The van der Waals surface area contributed by atoms with Crippen LogP contribution in [0.4, 0.5) is 0 Å². The summed E-state index contributed by atoms with van der Waals surface area (Å²) in [5.74, 6) is 0.932. The standard InChI is InChI=1S/C11H20N4O/c1-8-11(2,3)15(6-7-16-8)10-5-4-9(12)13-14-10/h4-5,8-9,13H,6-7,12H2,1-3H3. The van der Waals surface area contributed by atoms with E-state index in [2.05, 4.69) is 36.2 Å². The van der Waals surface area contributed by atoms with Gasteiger partial charge in [-0.2, -0.15) is 5.10 Å². The molecule has 16 heavy (non-hydrogen) atoms. The van der Waals surface area contributed by atoms with E-state index in [0.29, 0.717) is 0 Å². The number of rotatable bonds is 0. The smallest absolute Gasteiger partial charge is 0.148 e. The fourth-order valence-corrected chi connectivity index (χ4v) is 2.00. The highest BCUT2D eigenvalue weighted by Crippen LogP contribution is 2.26. The topological polar surface area (TPSA) is 62.9 Å².